The molecule has 1 aromatic carbocycles. The molecule has 7 heteroatoms. The SMILES string of the molecule is O=C(c1ccc(Br)s1)N(Cc1ccccc1)CC(F)(F)F. The number of rotatable bonds is 4. The predicted octanol–water partition coefficient (Wildman–Crippen LogP) is 4.72. The van der Waals surface area contributed by atoms with Crippen LogP contribution in [-0.2, 0) is 6.54 Å². The summed E-state index contributed by atoms with van der Waals surface area (Å²) >= 11 is 4.32. The molecule has 0 fully saturated rings. The Kier molecular flexibility index (Phi) is 5.05. The van der Waals surface area contributed by atoms with Gasteiger partial charge in [-0.25, -0.2) is 0 Å². The third-order valence-corrected chi connectivity index (χ3v) is 4.27. The number of alkyl halides is 3. The van der Waals surface area contributed by atoms with Gasteiger partial charge in [0.15, 0.2) is 0 Å². The van der Waals surface area contributed by atoms with Gasteiger partial charge in [-0.15, -0.1) is 11.3 Å². The first-order valence-electron chi connectivity index (χ1n) is 6.00. The first kappa shape index (κ1) is 16.0. The Bertz CT molecular complexity index is 612. The quantitative estimate of drug-likeness (QED) is 0.754. The summed E-state index contributed by atoms with van der Waals surface area (Å²) in [6.07, 6.45) is -4.43. The van der Waals surface area contributed by atoms with Gasteiger partial charge >= 0.3 is 6.18 Å². The average Bonchev–Trinajstić information content (AvgIpc) is 2.83. The fourth-order valence-electron chi connectivity index (χ4n) is 1.80. The molecule has 2 aromatic rings. The molecule has 0 atom stereocenters. The topological polar surface area (TPSA) is 20.3 Å². The van der Waals surface area contributed by atoms with Crippen molar-refractivity contribution in [1.82, 2.24) is 4.90 Å². The highest BCUT2D eigenvalue weighted by Crippen LogP contribution is 2.26. The van der Waals surface area contributed by atoms with E-state index in [1.165, 1.54) is 6.07 Å². The first-order valence-corrected chi connectivity index (χ1v) is 7.61. The molecule has 1 heterocycles. The minimum absolute atomic E-state index is 0.0747. The lowest BCUT2D eigenvalue weighted by Gasteiger charge is -2.23. The van der Waals surface area contributed by atoms with Gasteiger partial charge < -0.3 is 4.90 Å². The molecule has 0 radical (unpaired) electrons. The maximum absolute atomic E-state index is 12.7. The van der Waals surface area contributed by atoms with Crippen molar-refractivity contribution in [1.29, 1.82) is 0 Å². The number of benzene rings is 1. The molecule has 2 nitrogen and oxygen atoms in total. The van der Waals surface area contributed by atoms with Gasteiger partial charge in [-0.3, -0.25) is 4.79 Å². The molecule has 0 bridgehead atoms. The molecule has 0 saturated carbocycles. The number of thiophene rings is 1. The van der Waals surface area contributed by atoms with Crippen molar-refractivity contribution in [3.05, 3.63) is 56.7 Å². The lowest BCUT2D eigenvalue weighted by Crippen LogP contribution is -2.38. The van der Waals surface area contributed by atoms with Crippen molar-refractivity contribution in [2.75, 3.05) is 6.54 Å². The molecule has 1 aromatic heterocycles. The van der Waals surface area contributed by atoms with Crippen LogP contribution < -0.4 is 0 Å². The molecule has 0 saturated heterocycles. The van der Waals surface area contributed by atoms with Gasteiger partial charge in [0, 0.05) is 6.54 Å². The standard InChI is InChI=1S/C14H11BrF3NOS/c15-12-7-6-11(21-12)13(20)19(9-14(16,17)18)8-10-4-2-1-3-5-10/h1-7H,8-9H2. The highest BCUT2D eigenvalue weighted by molar-refractivity contribution is 9.11. The first-order chi connectivity index (χ1) is 9.85. The highest BCUT2D eigenvalue weighted by atomic mass is 79.9. The molecule has 0 N–H and O–H groups in total. The summed E-state index contributed by atoms with van der Waals surface area (Å²) in [7, 11) is 0. The largest absolute Gasteiger partial charge is 0.406 e. The molecule has 1 amide bonds. The third kappa shape index (κ3) is 4.86. The summed E-state index contributed by atoms with van der Waals surface area (Å²) in [5, 5.41) is 0. The normalized spacial score (nSPS) is 11.4. The van der Waals surface area contributed by atoms with Gasteiger partial charge in [-0.2, -0.15) is 13.2 Å². The zero-order chi connectivity index (χ0) is 15.5. The zero-order valence-electron chi connectivity index (χ0n) is 10.7. The van der Waals surface area contributed by atoms with Crippen LogP contribution in [0.15, 0.2) is 46.3 Å². The Labute approximate surface area is 132 Å². The molecular formula is C14H11BrF3NOS. The lowest BCUT2D eigenvalue weighted by atomic mass is 10.2. The van der Waals surface area contributed by atoms with Crippen LogP contribution in [0.5, 0.6) is 0 Å². The third-order valence-electron chi connectivity index (χ3n) is 2.66. The minimum Gasteiger partial charge on any atom is -0.325 e. The van der Waals surface area contributed by atoms with E-state index in [0.29, 0.717) is 9.35 Å². The van der Waals surface area contributed by atoms with Crippen LogP contribution in [0.2, 0.25) is 0 Å². The molecule has 112 valence electrons. The van der Waals surface area contributed by atoms with E-state index in [9.17, 15) is 18.0 Å². The molecule has 0 aliphatic carbocycles. The van der Waals surface area contributed by atoms with Crippen molar-refractivity contribution in [3.63, 3.8) is 0 Å². The number of hydrogen-bond donors (Lipinski definition) is 0. The second-order valence-electron chi connectivity index (χ2n) is 4.37. The summed E-state index contributed by atoms with van der Waals surface area (Å²) in [6.45, 7) is -1.34. The molecule has 2 rings (SSSR count). The number of nitrogens with zero attached hydrogens (tertiary/aromatic N) is 1. The number of hydrogen-bond acceptors (Lipinski definition) is 2. The van der Waals surface area contributed by atoms with Gasteiger partial charge in [-0.05, 0) is 33.6 Å². The van der Waals surface area contributed by atoms with E-state index in [2.05, 4.69) is 15.9 Å². The summed E-state index contributed by atoms with van der Waals surface area (Å²) in [6, 6.07) is 11.8. The van der Waals surface area contributed by atoms with E-state index < -0.39 is 18.6 Å². The number of halogens is 4. The highest BCUT2D eigenvalue weighted by Gasteiger charge is 2.33. The van der Waals surface area contributed by atoms with E-state index in [1.807, 2.05) is 0 Å². The van der Waals surface area contributed by atoms with E-state index in [4.69, 9.17) is 0 Å². The summed E-state index contributed by atoms with van der Waals surface area (Å²) < 4.78 is 38.8. The number of carbonyl (C=O) groups is 1. The Balaban J connectivity index is 2.21. The van der Waals surface area contributed by atoms with E-state index in [-0.39, 0.29) is 11.4 Å². The minimum atomic E-state index is -4.43. The molecule has 0 spiro atoms. The number of amides is 1. The molecule has 21 heavy (non-hydrogen) atoms. The molecular weight excluding hydrogens is 367 g/mol. The molecule has 0 aliphatic heterocycles. The van der Waals surface area contributed by atoms with Crippen LogP contribution in [-0.4, -0.2) is 23.5 Å². The zero-order valence-corrected chi connectivity index (χ0v) is 13.1. The molecule has 0 aliphatic rings. The Morgan fingerprint density at radius 3 is 2.33 bits per heavy atom. The fourth-order valence-corrected chi connectivity index (χ4v) is 3.16. The van der Waals surface area contributed by atoms with Crippen molar-refractivity contribution >= 4 is 33.2 Å². The van der Waals surface area contributed by atoms with Crippen molar-refractivity contribution in [2.45, 2.75) is 12.7 Å². The summed E-state index contributed by atoms with van der Waals surface area (Å²) in [5.41, 5.74) is 0.658. The van der Waals surface area contributed by atoms with Crippen molar-refractivity contribution in [3.8, 4) is 0 Å². The van der Waals surface area contributed by atoms with Gasteiger partial charge in [-0.1, -0.05) is 30.3 Å². The van der Waals surface area contributed by atoms with Crippen LogP contribution >= 0.6 is 27.3 Å². The van der Waals surface area contributed by atoms with Crippen molar-refractivity contribution in [2.24, 2.45) is 0 Å². The smallest absolute Gasteiger partial charge is 0.325 e. The van der Waals surface area contributed by atoms with Crippen LogP contribution in [0.3, 0.4) is 0 Å². The van der Waals surface area contributed by atoms with Crippen LogP contribution in [0.25, 0.3) is 0 Å². The van der Waals surface area contributed by atoms with Crippen LogP contribution in [0, 0.1) is 0 Å². The molecule has 0 unspecified atom stereocenters. The van der Waals surface area contributed by atoms with Crippen LogP contribution in [0.4, 0.5) is 13.2 Å². The van der Waals surface area contributed by atoms with Crippen molar-refractivity contribution < 1.29 is 18.0 Å². The number of carbonyl (C=O) groups excluding carboxylic acids is 1. The van der Waals surface area contributed by atoms with Gasteiger partial charge in [0.1, 0.15) is 6.54 Å². The van der Waals surface area contributed by atoms with E-state index in [1.54, 1.807) is 36.4 Å². The maximum Gasteiger partial charge on any atom is 0.406 e. The van der Waals surface area contributed by atoms with Gasteiger partial charge in [0.2, 0.25) is 0 Å². The second-order valence-corrected chi connectivity index (χ2v) is 6.83. The maximum atomic E-state index is 12.7. The lowest BCUT2D eigenvalue weighted by molar-refractivity contribution is -0.141. The second kappa shape index (κ2) is 6.62. The Morgan fingerprint density at radius 1 is 1.14 bits per heavy atom. The van der Waals surface area contributed by atoms with E-state index >= 15 is 0 Å². The van der Waals surface area contributed by atoms with E-state index in [0.717, 1.165) is 16.2 Å². The monoisotopic (exact) mass is 377 g/mol. The summed E-state index contributed by atoms with van der Waals surface area (Å²) in [4.78, 5) is 13.3. The van der Waals surface area contributed by atoms with Gasteiger partial charge in [0.05, 0.1) is 8.66 Å². The Hall–Kier alpha value is -1.34. The Morgan fingerprint density at radius 2 is 1.81 bits per heavy atom. The van der Waals surface area contributed by atoms with Crippen LogP contribution in [0.1, 0.15) is 15.2 Å². The van der Waals surface area contributed by atoms with Gasteiger partial charge in [0.25, 0.3) is 5.91 Å². The average molecular weight is 378 g/mol. The fraction of sp³-hybridized carbons (Fsp3) is 0.214. The predicted molar refractivity (Wildman–Crippen MR) is 79.3 cm³/mol. The summed E-state index contributed by atoms with van der Waals surface area (Å²) in [5.74, 6) is -0.619.